The molecule has 2 aliphatic heterocycles. The van der Waals surface area contributed by atoms with Crippen molar-refractivity contribution in [2.75, 3.05) is 13.1 Å². The Bertz CT molecular complexity index is 1480. The lowest BCUT2D eigenvalue weighted by molar-refractivity contribution is -0.144. The molecule has 0 bridgehead atoms. The Labute approximate surface area is 245 Å². The van der Waals surface area contributed by atoms with Gasteiger partial charge < -0.3 is 20.2 Å². The van der Waals surface area contributed by atoms with Crippen molar-refractivity contribution in [3.63, 3.8) is 0 Å². The van der Waals surface area contributed by atoms with Crippen molar-refractivity contribution >= 4 is 17.7 Å². The Morgan fingerprint density at radius 2 is 1.79 bits per heavy atom. The van der Waals surface area contributed by atoms with Crippen LogP contribution in [0.15, 0.2) is 60.8 Å². The van der Waals surface area contributed by atoms with Crippen LogP contribution in [0.2, 0.25) is 0 Å². The molecule has 4 atom stereocenters. The molecule has 3 amide bonds. The second-order valence-electron chi connectivity index (χ2n) is 12.8. The molecule has 1 aliphatic carbocycles. The summed E-state index contributed by atoms with van der Waals surface area (Å²) in [6.45, 7) is 6.57. The van der Waals surface area contributed by atoms with Gasteiger partial charge in [0.15, 0.2) is 0 Å². The van der Waals surface area contributed by atoms with Gasteiger partial charge in [-0.2, -0.15) is 0 Å². The molecule has 1 saturated carbocycles. The van der Waals surface area contributed by atoms with E-state index in [2.05, 4.69) is 15.6 Å². The number of benzene rings is 2. The van der Waals surface area contributed by atoms with E-state index in [4.69, 9.17) is 0 Å². The Morgan fingerprint density at radius 1 is 1.07 bits per heavy atom. The number of carbonyl (C=O) groups is 3. The van der Waals surface area contributed by atoms with Gasteiger partial charge in [0.1, 0.15) is 12.1 Å². The zero-order chi connectivity index (χ0) is 29.6. The molecule has 10 nitrogen and oxygen atoms in total. The molecule has 220 valence electrons. The summed E-state index contributed by atoms with van der Waals surface area (Å²) in [5, 5.41) is 22.2. The summed E-state index contributed by atoms with van der Waals surface area (Å²) in [6.07, 6.45) is 3.34. The Morgan fingerprint density at radius 3 is 2.50 bits per heavy atom. The van der Waals surface area contributed by atoms with Gasteiger partial charge in [-0.05, 0) is 35.4 Å². The first-order chi connectivity index (χ1) is 20.1. The summed E-state index contributed by atoms with van der Waals surface area (Å²) in [5.41, 5.74) is 2.87. The molecule has 2 N–H and O–H groups in total. The van der Waals surface area contributed by atoms with E-state index in [1.54, 1.807) is 9.58 Å². The van der Waals surface area contributed by atoms with E-state index in [0.717, 1.165) is 29.7 Å². The fraction of sp³-hybridized carbons (Fsp3) is 0.469. The third-order valence-corrected chi connectivity index (χ3v) is 8.56. The van der Waals surface area contributed by atoms with Gasteiger partial charge in [0.25, 0.3) is 5.91 Å². The molecule has 1 saturated heterocycles. The van der Waals surface area contributed by atoms with Gasteiger partial charge in [-0.3, -0.25) is 14.4 Å². The molecule has 42 heavy (non-hydrogen) atoms. The normalized spacial score (nSPS) is 22.8. The molecule has 1 aromatic heterocycles. The molecule has 2 fully saturated rings. The number of rotatable bonds is 8. The number of nitrogens with zero attached hydrogens (tertiary/aromatic N) is 5. The maximum atomic E-state index is 14.1. The van der Waals surface area contributed by atoms with Crippen LogP contribution in [0, 0.1) is 5.41 Å². The number of aliphatic hydroxyl groups is 1. The number of amides is 3. The average molecular weight is 571 g/mol. The zero-order valence-corrected chi connectivity index (χ0v) is 24.3. The molecule has 3 heterocycles. The second kappa shape index (κ2) is 11.0. The minimum atomic E-state index is -0.835. The van der Waals surface area contributed by atoms with E-state index >= 15 is 0 Å². The number of hydrogen-bond donors (Lipinski definition) is 2. The van der Waals surface area contributed by atoms with Crippen molar-refractivity contribution in [3.8, 4) is 0 Å². The summed E-state index contributed by atoms with van der Waals surface area (Å²) >= 11 is 0. The van der Waals surface area contributed by atoms with Gasteiger partial charge >= 0.3 is 0 Å². The first kappa shape index (κ1) is 28.1. The van der Waals surface area contributed by atoms with Gasteiger partial charge in [-0.1, -0.05) is 74.5 Å². The van der Waals surface area contributed by atoms with E-state index in [0.29, 0.717) is 18.0 Å². The molecule has 2 aromatic carbocycles. The maximum Gasteiger partial charge on any atom is 0.255 e. The Kier molecular flexibility index (Phi) is 7.34. The number of aliphatic hydroxyl groups excluding tert-OH is 1. The SMILES string of the molecule is CC(C)(C)[C@@H](C(=O)N1CC(O)CC1C(=O)NCC1c2ccccc2C(=O)N1Cc1ccccc1)n1cc(C2CC2)nn1. The van der Waals surface area contributed by atoms with Crippen LogP contribution in [0.4, 0.5) is 0 Å². The summed E-state index contributed by atoms with van der Waals surface area (Å²) < 4.78 is 1.62. The number of hydrogen-bond acceptors (Lipinski definition) is 6. The predicted octanol–water partition coefficient (Wildman–Crippen LogP) is 3.22. The number of nitrogens with one attached hydrogen (secondary N) is 1. The second-order valence-corrected chi connectivity index (χ2v) is 12.8. The first-order valence-electron chi connectivity index (χ1n) is 14.7. The minimum Gasteiger partial charge on any atom is -0.391 e. The number of carbonyl (C=O) groups excluding carboxylic acids is 3. The number of β-amino-alcohol motifs (C(OH)–C–C–N with tert-alkyl or cyclic N) is 1. The number of fused-ring (bicyclic) bond motifs is 1. The van der Waals surface area contributed by atoms with Crippen LogP contribution in [-0.2, 0) is 16.1 Å². The van der Waals surface area contributed by atoms with Crippen LogP contribution in [0.25, 0.3) is 0 Å². The highest BCUT2D eigenvalue weighted by Gasteiger charge is 2.46. The lowest BCUT2D eigenvalue weighted by Gasteiger charge is -2.34. The van der Waals surface area contributed by atoms with Crippen LogP contribution >= 0.6 is 0 Å². The topological polar surface area (TPSA) is 121 Å². The van der Waals surface area contributed by atoms with Gasteiger partial charge in [0, 0.05) is 43.7 Å². The minimum absolute atomic E-state index is 0.0680. The van der Waals surface area contributed by atoms with Crippen molar-refractivity contribution in [1.29, 1.82) is 0 Å². The third kappa shape index (κ3) is 5.43. The van der Waals surface area contributed by atoms with Crippen molar-refractivity contribution in [3.05, 3.63) is 83.2 Å². The van der Waals surface area contributed by atoms with Gasteiger partial charge in [-0.25, -0.2) is 4.68 Å². The fourth-order valence-electron chi connectivity index (χ4n) is 6.27. The summed E-state index contributed by atoms with van der Waals surface area (Å²) in [4.78, 5) is 44.4. The van der Waals surface area contributed by atoms with E-state index in [1.165, 1.54) is 4.90 Å². The number of aromatic nitrogens is 3. The molecule has 10 heteroatoms. The van der Waals surface area contributed by atoms with Crippen LogP contribution in [0.5, 0.6) is 0 Å². The van der Waals surface area contributed by atoms with E-state index in [9.17, 15) is 19.5 Å². The monoisotopic (exact) mass is 570 g/mol. The van der Waals surface area contributed by atoms with Crippen molar-refractivity contribution < 1.29 is 19.5 Å². The van der Waals surface area contributed by atoms with E-state index in [1.807, 2.05) is 81.6 Å². The molecular formula is C32H38N6O4. The summed E-state index contributed by atoms with van der Waals surface area (Å²) in [5.74, 6) is -0.288. The number of likely N-dealkylation sites (tertiary alicyclic amines) is 1. The Hall–Kier alpha value is -4.05. The van der Waals surface area contributed by atoms with Crippen LogP contribution < -0.4 is 5.32 Å². The highest BCUT2D eigenvalue weighted by atomic mass is 16.3. The van der Waals surface area contributed by atoms with Gasteiger partial charge in [0.05, 0.1) is 17.8 Å². The van der Waals surface area contributed by atoms with Crippen LogP contribution in [0.3, 0.4) is 0 Å². The summed E-state index contributed by atoms with van der Waals surface area (Å²) in [6, 6.07) is 15.4. The highest BCUT2D eigenvalue weighted by molar-refractivity contribution is 5.99. The molecule has 3 aliphatic rings. The molecule has 0 radical (unpaired) electrons. The third-order valence-electron chi connectivity index (χ3n) is 8.56. The van der Waals surface area contributed by atoms with E-state index < -0.39 is 23.6 Å². The molecule has 3 unspecified atom stereocenters. The molecular weight excluding hydrogens is 532 g/mol. The van der Waals surface area contributed by atoms with Crippen LogP contribution in [0.1, 0.15) is 85.2 Å². The van der Waals surface area contributed by atoms with E-state index in [-0.39, 0.29) is 43.3 Å². The summed E-state index contributed by atoms with van der Waals surface area (Å²) in [7, 11) is 0. The molecule has 6 rings (SSSR count). The zero-order valence-electron chi connectivity index (χ0n) is 24.3. The van der Waals surface area contributed by atoms with Crippen LogP contribution in [-0.4, -0.2) is 72.9 Å². The smallest absolute Gasteiger partial charge is 0.255 e. The fourth-order valence-corrected chi connectivity index (χ4v) is 6.27. The van der Waals surface area contributed by atoms with Gasteiger partial charge in [-0.15, -0.1) is 5.10 Å². The predicted molar refractivity (Wildman–Crippen MR) is 155 cm³/mol. The maximum absolute atomic E-state index is 14.1. The van der Waals surface area contributed by atoms with Crippen molar-refractivity contribution in [2.24, 2.45) is 5.41 Å². The first-order valence-corrected chi connectivity index (χ1v) is 14.7. The van der Waals surface area contributed by atoms with Crippen molar-refractivity contribution in [1.82, 2.24) is 30.1 Å². The standard InChI is InChI=1S/C32H38N6O4/c1-32(2,3)28(38-19-25(34-35-38)21-13-14-21)31(42)37-18-22(39)15-26(37)29(40)33-16-27-23-11-7-8-12-24(23)30(41)36(27)17-20-9-5-4-6-10-20/h4-12,19,21-22,26-28,39H,13-18H2,1-3H3,(H,33,40)/t22?,26?,27?,28-/m1/s1. The highest BCUT2D eigenvalue weighted by Crippen LogP contribution is 2.40. The largest absolute Gasteiger partial charge is 0.391 e. The van der Waals surface area contributed by atoms with Gasteiger partial charge in [0.2, 0.25) is 11.8 Å². The lowest BCUT2D eigenvalue weighted by atomic mass is 9.85. The molecule has 0 spiro atoms. The Balaban J connectivity index is 1.20. The van der Waals surface area contributed by atoms with Crippen molar-refractivity contribution in [2.45, 2.75) is 76.7 Å². The molecule has 3 aromatic rings. The quantitative estimate of drug-likeness (QED) is 0.429. The lowest BCUT2D eigenvalue weighted by Crippen LogP contribution is -2.51. The average Bonchev–Trinajstić information content (AvgIpc) is 3.48.